The van der Waals surface area contributed by atoms with Crippen LogP contribution in [0.15, 0.2) is 46.9 Å². The fourth-order valence-electron chi connectivity index (χ4n) is 3.54. The number of hydrogen-bond donors (Lipinski definition) is 1. The lowest BCUT2D eigenvalue weighted by atomic mass is 9.76. The highest BCUT2D eigenvalue weighted by Gasteiger charge is 2.40. The Bertz CT molecular complexity index is 803. The molecule has 6 heteroatoms. The van der Waals surface area contributed by atoms with E-state index in [0.29, 0.717) is 28.4 Å². The molecule has 2 N–H and O–H groups in total. The molecule has 5 nitrogen and oxygen atoms in total. The van der Waals surface area contributed by atoms with Gasteiger partial charge in [-0.1, -0.05) is 23.7 Å². The van der Waals surface area contributed by atoms with E-state index < -0.39 is 5.92 Å². The Kier molecular flexibility index (Phi) is 4.35. The molecule has 2 aliphatic rings. The van der Waals surface area contributed by atoms with E-state index in [0.717, 1.165) is 24.1 Å². The number of carbonyl (C=O) groups excluding carboxylic acids is 1. The van der Waals surface area contributed by atoms with Gasteiger partial charge in [0.05, 0.1) is 17.6 Å². The van der Waals surface area contributed by atoms with Crippen molar-refractivity contribution >= 4 is 17.4 Å². The van der Waals surface area contributed by atoms with Crippen molar-refractivity contribution in [1.82, 2.24) is 10.0 Å². The first-order valence-corrected chi connectivity index (χ1v) is 8.22. The van der Waals surface area contributed by atoms with Crippen LogP contribution in [0.1, 0.15) is 30.7 Å². The quantitative estimate of drug-likeness (QED) is 0.894. The van der Waals surface area contributed by atoms with Crippen molar-refractivity contribution in [3.05, 3.63) is 57.5 Å². The van der Waals surface area contributed by atoms with Crippen LogP contribution in [0, 0.1) is 11.3 Å². The summed E-state index contributed by atoms with van der Waals surface area (Å²) in [6, 6.07) is 9.51. The predicted octanol–water partition coefficient (Wildman–Crippen LogP) is 2.92. The van der Waals surface area contributed by atoms with Crippen molar-refractivity contribution in [3.63, 3.8) is 0 Å². The molecule has 1 aliphatic heterocycles. The second-order valence-electron chi connectivity index (χ2n) is 6.19. The lowest BCUT2D eigenvalue weighted by Gasteiger charge is -2.42. The molecule has 1 aromatic rings. The van der Waals surface area contributed by atoms with E-state index in [1.54, 1.807) is 17.1 Å². The molecule has 3 rings (SSSR count). The molecule has 0 aromatic heterocycles. The highest BCUT2D eigenvalue weighted by molar-refractivity contribution is 6.30. The molecule has 0 radical (unpaired) electrons. The highest BCUT2D eigenvalue weighted by atomic mass is 35.5. The zero-order valence-corrected chi connectivity index (χ0v) is 14.5. The van der Waals surface area contributed by atoms with Crippen LogP contribution in [0.5, 0.6) is 0 Å². The van der Waals surface area contributed by atoms with Gasteiger partial charge in [0, 0.05) is 36.8 Å². The van der Waals surface area contributed by atoms with Crippen molar-refractivity contribution in [1.29, 1.82) is 5.26 Å². The summed E-state index contributed by atoms with van der Waals surface area (Å²) < 4.78 is 0. The number of ketones is 1. The van der Waals surface area contributed by atoms with Crippen molar-refractivity contribution < 1.29 is 4.79 Å². The molecule has 1 aliphatic carbocycles. The summed E-state index contributed by atoms with van der Waals surface area (Å²) in [4.78, 5) is 12.7. The molecule has 0 unspecified atom stereocenters. The van der Waals surface area contributed by atoms with Crippen LogP contribution in [0.3, 0.4) is 0 Å². The summed E-state index contributed by atoms with van der Waals surface area (Å²) in [5.41, 5.74) is 9.08. The fourth-order valence-corrected chi connectivity index (χ4v) is 3.74. The first kappa shape index (κ1) is 16.6. The van der Waals surface area contributed by atoms with Crippen LogP contribution >= 0.6 is 11.6 Å². The van der Waals surface area contributed by atoms with Crippen molar-refractivity contribution in [2.75, 3.05) is 14.1 Å². The van der Waals surface area contributed by atoms with E-state index in [2.05, 4.69) is 6.07 Å². The molecular weight excluding hydrogens is 324 g/mol. The number of rotatable bonds is 2. The molecule has 0 amide bonds. The van der Waals surface area contributed by atoms with Crippen molar-refractivity contribution in [3.8, 4) is 6.07 Å². The van der Waals surface area contributed by atoms with E-state index in [4.69, 9.17) is 17.3 Å². The first-order valence-electron chi connectivity index (χ1n) is 7.84. The summed E-state index contributed by atoms with van der Waals surface area (Å²) in [5, 5.41) is 13.9. The van der Waals surface area contributed by atoms with E-state index in [9.17, 15) is 10.1 Å². The van der Waals surface area contributed by atoms with Crippen LogP contribution < -0.4 is 5.73 Å². The predicted molar refractivity (Wildman–Crippen MR) is 92.4 cm³/mol. The van der Waals surface area contributed by atoms with Crippen molar-refractivity contribution in [2.24, 2.45) is 5.73 Å². The SMILES string of the molecule is CN(C)N1C(N)=C(C#N)[C@H](c2cccc(Cl)c2)C2=C1CCCC2=O. The number of nitriles is 1. The van der Waals surface area contributed by atoms with Gasteiger partial charge >= 0.3 is 0 Å². The van der Waals surface area contributed by atoms with E-state index in [-0.39, 0.29) is 5.78 Å². The smallest absolute Gasteiger partial charge is 0.161 e. The van der Waals surface area contributed by atoms with E-state index in [1.165, 1.54) is 0 Å². The van der Waals surface area contributed by atoms with Gasteiger partial charge in [0.1, 0.15) is 5.82 Å². The number of Topliss-reactive ketones (excluding diaryl/α,β-unsaturated/α-hetero) is 1. The number of nitrogens with two attached hydrogens (primary N) is 1. The maximum absolute atomic E-state index is 12.7. The summed E-state index contributed by atoms with van der Waals surface area (Å²) >= 11 is 6.13. The standard InChI is InChI=1S/C18H19ClN4O/c1-22(2)23-14-7-4-8-15(24)17(14)16(13(10-20)18(23)21)11-5-3-6-12(19)9-11/h3,5-6,9,16H,4,7-8,21H2,1-2H3/t16-/m0/s1. The maximum Gasteiger partial charge on any atom is 0.161 e. The lowest BCUT2D eigenvalue weighted by Crippen LogP contribution is -2.45. The normalized spacial score (nSPS) is 21.2. The van der Waals surface area contributed by atoms with Crippen LogP contribution in [-0.2, 0) is 4.79 Å². The summed E-state index contributed by atoms with van der Waals surface area (Å²) in [5.74, 6) is 0.00181. The number of allylic oxidation sites excluding steroid dienone is 3. The number of hydrogen-bond acceptors (Lipinski definition) is 5. The molecule has 124 valence electrons. The first-order chi connectivity index (χ1) is 11.5. The largest absolute Gasteiger partial charge is 0.383 e. The molecule has 0 spiro atoms. The Morgan fingerprint density at radius 1 is 1.38 bits per heavy atom. The molecule has 0 bridgehead atoms. The number of nitrogens with zero attached hydrogens (tertiary/aromatic N) is 3. The van der Waals surface area contributed by atoms with E-state index >= 15 is 0 Å². The maximum atomic E-state index is 12.7. The summed E-state index contributed by atoms with van der Waals surface area (Å²) in [6.45, 7) is 0. The second kappa shape index (κ2) is 6.31. The number of halogens is 1. The molecule has 1 atom stereocenters. The molecule has 24 heavy (non-hydrogen) atoms. The van der Waals surface area contributed by atoms with Gasteiger partial charge in [-0.05, 0) is 30.5 Å². The summed E-state index contributed by atoms with van der Waals surface area (Å²) in [6.07, 6.45) is 2.05. The van der Waals surface area contributed by atoms with Crippen LogP contribution in [0.25, 0.3) is 0 Å². The third-order valence-electron chi connectivity index (χ3n) is 4.47. The molecule has 0 fully saturated rings. The average Bonchev–Trinajstić information content (AvgIpc) is 2.53. The third kappa shape index (κ3) is 2.58. The summed E-state index contributed by atoms with van der Waals surface area (Å²) in [7, 11) is 3.70. The monoisotopic (exact) mass is 342 g/mol. The van der Waals surface area contributed by atoms with Gasteiger partial charge in [-0.3, -0.25) is 9.80 Å². The Hall–Kier alpha value is -2.29. The van der Waals surface area contributed by atoms with Gasteiger partial charge in [-0.2, -0.15) is 5.26 Å². The average molecular weight is 343 g/mol. The Morgan fingerprint density at radius 3 is 2.75 bits per heavy atom. The number of hydrazine groups is 1. The molecule has 0 saturated heterocycles. The third-order valence-corrected chi connectivity index (χ3v) is 4.70. The topological polar surface area (TPSA) is 73.4 Å². The minimum absolute atomic E-state index is 0.0772. The zero-order valence-electron chi connectivity index (χ0n) is 13.7. The fraction of sp³-hybridized carbons (Fsp3) is 0.333. The molecule has 0 saturated carbocycles. The van der Waals surface area contributed by atoms with Gasteiger partial charge < -0.3 is 5.73 Å². The number of benzene rings is 1. The van der Waals surface area contributed by atoms with Crippen LogP contribution in [0.4, 0.5) is 0 Å². The molecule has 1 aromatic carbocycles. The number of carbonyl (C=O) groups is 1. The molecular formula is C18H19ClN4O. The van der Waals surface area contributed by atoms with Gasteiger partial charge in [0.2, 0.25) is 0 Å². The zero-order chi connectivity index (χ0) is 17.4. The van der Waals surface area contributed by atoms with Gasteiger partial charge in [0.25, 0.3) is 0 Å². The second-order valence-corrected chi connectivity index (χ2v) is 6.63. The Labute approximate surface area is 146 Å². The van der Waals surface area contributed by atoms with Gasteiger partial charge in [0.15, 0.2) is 5.78 Å². The van der Waals surface area contributed by atoms with Crippen LogP contribution in [-0.4, -0.2) is 29.9 Å². The van der Waals surface area contributed by atoms with E-state index in [1.807, 2.05) is 31.2 Å². The van der Waals surface area contributed by atoms with Gasteiger partial charge in [-0.15, -0.1) is 0 Å². The molecule has 1 heterocycles. The Balaban J connectivity index is 2.27. The Morgan fingerprint density at radius 2 is 2.12 bits per heavy atom. The minimum Gasteiger partial charge on any atom is -0.383 e. The minimum atomic E-state index is -0.451. The highest BCUT2D eigenvalue weighted by Crippen LogP contribution is 2.45. The lowest BCUT2D eigenvalue weighted by molar-refractivity contribution is -0.116. The van der Waals surface area contributed by atoms with Crippen molar-refractivity contribution in [2.45, 2.75) is 25.2 Å². The van der Waals surface area contributed by atoms with Gasteiger partial charge in [-0.25, -0.2) is 5.01 Å². The van der Waals surface area contributed by atoms with Crippen LogP contribution in [0.2, 0.25) is 5.02 Å².